The molecule has 1 aliphatic heterocycles. The summed E-state index contributed by atoms with van der Waals surface area (Å²) in [5.74, 6) is -0.173. The molecular formula is C14H25FN2O3. The first-order chi connectivity index (χ1) is 9.03. The zero-order chi connectivity index (χ0) is 15.6. The van der Waals surface area contributed by atoms with Gasteiger partial charge in [-0.25, -0.2) is 9.18 Å². The van der Waals surface area contributed by atoms with Crippen LogP contribution in [-0.2, 0) is 9.53 Å². The molecule has 5 nitrogen and oxygen atoms in total. The predicted molar refractivity (Wildman–Crippen MR) is 74.1 cm³/mol. The number of hydrogen-bond donors (Lipinski definition) is 1. The van der Waals surface area contributed by atoms with E-state index in [1.165, 1.54) is 11.8 Å². The first kappa shape index (κ1) is 16.7. The summed E-state index contributed by atoms with van der Waals surface area (Å²) >= 11 is 0. The van der Waals surface area contributed by atoms with E-state index in [0.29, 0.717) is 13.0 Å². The Labute approximate surface area is 119 Å². The Morgan fingerprint density at radius 3 is 2.50 bits per heavy atom. The van der Waals surface area contributed by atoms with Crippen molar-refractivity contribution in [2.75, 3.05) is 19.6 Å². The molecule has 0 saturated carbocycles. The van der Waals surface area contributed by atoms with Crippen molar-refractivity contribution in [2.45, 2.75) is 52.8 Å². The van der Waals surface area contributed by atoms with Crippen LogP contribution in [0, 0.1) is 5.41 Å². The number of likely N-dealkylation sites (tertiary alicyclic amines) is 1. The normalized spacial score (nSPS) is 27.1. The number of nitrogens with one attached hydrogen (secondary N) is 1. The molecule has 2 amide bonds. The maximum atomic E-state index is 14.3. The molecule has 6 heteroatoms. The van der Waals surface area contributed by atoms with E-state index in [-0.39, 0.29) is 19.0 Å². The van der Waals surface area contributed by atoms with Gasteiger partial charge in [0.15, 0.2) is 0 Å². The summed E-state index contributed by atoms with van der Waals surface area (Å²) in [7, 11) is 0. The summed E-state index contributed by atoms with van der Waals surface area (Å²) < 4.78 is 19.6. The molecule has 0 bridgehead atoms. The largest absolute Gasteiger partial charge is 0.444 e. The Balaban J connectivity index is 2.58. The van der Waals surface area contributed by atoms with E-state index in [2.05, 4.69) is 5.32 Å². The predicted octanol–water partition coefficient (Wildman–Crippen LogP) is 2.11. The fourth-order valence-corrected chi connectivity index (χ4v) is 2.07. The Kier molecular flexibility index (Phi) is 5.00. The molecule has 1 fully saturated rings. The molecule has 1 heterocycles. The van der Waals surface area contributed by atoms with Crippen molar-refractivity contribution in [3.63, 3.8) is 0 Å². The standard InChI is InChI=1S/C14H25FN2O3/c1-10(18)16-9-14(5)6-7-17(8-11(14)15)12(19)20-13(2,3)4/h11H,6-9H2,1-5H3,(H,16,18). The molecule has 0 aliphatic carbocycles. The fraction of sp³-hybridized carbons (Fsp3) is 0.857. The second kappa shape index (κ2) is 5.97. The quantitative estimate of drug-likeness (QED) is 0.846. The molecular weight excluding hydrogens is 263 g/mol. The molecule has 116 valence electrons. The highest BCUT2D eigenvalue weighted by Crippen LogP contribution is 2.33. The highest BCUT2D eigenvalue weighted by Gasteiger charge is 2.42. The maximum absolute atomic E-state index is 14.3. The van der Waals surface area contributed by atoms with Crippen molar-refractivity contribution in [2.24, 2.45) is 5.41 Å². The summed E-state index contributed by atoms with van der Waals surface area (Å²) in [6.45, 7) is 9.27. The summed E-state index contributed by atoms with van der Waals surface area (Å²) in [4.78, 5) is 24.2. The number of carbonyl (C=O) groups excluding carboxylic acids is 2. The Morgan fingerprint density at radius 1 is 1.45 bits per heavy atom. The number of rotatable bonds is 2. The molecule has 2 unspecified atom stereocenters. The van der Waals surface area contributed by atoms with Gasteiger partial charge in [0.25, 0.3) is 0 Å². The summed E-state index contributed by atoms with van der Waals surface area (Å²) in [6.07, 6.45) is -1.18. The second-order valence-corrected chi connectivity index (χ2v) is 6.71. The molecule has 0 spiro atoms. The third kappa shape index (κ3) is 4.65. The van der Waals surface area contributed by atoms with Crippen LogP contribution in [0.4, 0.5) is 9.18 Å². The van der Waals surface area contributed by atoms with Crippen molar-refractivity contribution < 1.29 is 18.7 Å². The van der Waals surface area contributed by atoms with Crippen LogP contribution in [0.5, 0.6) is 0 Å². The lowest BCUT2D eigenvalue weighted by Gasteiger charge is -2.42. The number of hydrogen-bond acceptors (Lipinski definition) is 3. The van der Waals surface area contributed by atoms with E-state index in [1.54, 1.807) is 27.7 Å². The average Bonchev–Trinajstić information content (AvgIpc) is 2.28. The molecule has 0 aromatic heterocycles. The third-order valence-electron chi connectivity index (χ3n) is 3.48. The zero-order valence-corrected chi connectivity index (χ0v) is 13.0. The smallest absolute Gasteiger partial charge is 0.410 e. The van der Waals surface area contributed by atoms with Gasteiger partial charge < -0.3 is 15.0 Å². The van der Waals surface area contributed by atoms with Gasteiger partial charge in [-0.05, 0) is 27.2 Å². The summed E-state index contributed by atoms with van der Waals surface area (Å²) in [5.41, 5.74) is -1.22. The van der Waals surface area contributed by atoms with Crippen molar-refractivity contribution in [1.82, 2.24) is 10.2 Å². The summed E-state index contributed by atoms with van der Waals surface area (Å²) in [5, 5.41) is 2.65. The topological polar surface area (TPSA) is 58.6 Å². The van der Waals surface area contributed by atoms with Crippen molar-refractivity contribution in [1.29, 1.82) is 0 Å². The first-order valence-corrected chi connectivity index (χ1v) is 6.90. The molecule has 0 aromatic carbocycles. The van der Waals surface area contributed by atoms with Crippen molar-refractivity contribution in [3.05, 3.63) is 0 Å². The number of amides is 2. The van der Waals surface area contributed by atoms with E-state index in [1.807, 2.05) is 0 Å². The van der Waals surface area contributed by atoms with Crippen molar-refractivity contribution in [3.8, 4) is 0 Å². The van der Waals surface area contributed by atoms with Gasteiger partial charge in [0.05, 0.1) is 6.54 Å². The van der Waals surface area contributed by atoms with Crippen LogP contribution in [0.2, 0.25) is 0 Å². The molecule has 1 saturated heterocycles. The van der Waals surface area contributed by atoms with Crippen LogP contribution in [0.1, 0.15) is 41.0 Å². The fourth-order valence-electron chi connectivity index (χ4n) is 2.07. The van der Waals surface area contributed by atoms with E-state index >= 15 is 0 Å². The van der Waals surface area contributed by atoms with Gasteiger partial charge in [-0.15, -0.1) is 0 Å². The minimum atomic E-state index is -1.18. The highest BCUT2D eigenvalue weighted by molar-refractivity contribution is 5.72. The lowest BCUT2D eigenvalue weighted by Crippen LogP contribution is -2.54. The van der Waals surface area contributed by atoms with Gasteiger partial charge in [0.1, 0.15) is 11.8 Å². The molecule has 1 aliphatic rings. The molecule has 0 radical (unpaired) electrons. The van der Waals surface area contributed by atoms with Gasteiger partial charge in [-0.1, -0.05) is 6.92 Å². The Hall–Kier alpha value is -1.33. The monoisotopic (exact) mass is 288 g/mol. The molecule has 0 aromatic rings. The number of carbonyl (C=O) groups is 2. The van der Waals surface area contributed by atoms with Crippen LogP contribution in [-0.4, -0.2) is 48.3 Å². The van der Waals surface area contributed by atoms with Crippen molar-refractivity contribution >= 4 is 12.0 Å². The Bertz CT molecular complexity index is 381. The summed E-state index contributed by atoms with van der Waals surface area (Å²) in [6, 6.07) is 0. The van der Waals surface area contributed by atoms with Crippen LogP contribution < -0.4 is 5.32 Å². The van der Waals surface area contributed by atoms with Gasteiger partial charge in [-0.2, -0.15) is 0 Å². The van der Waals surface area contributed by atoms with E-state index in [9.17, 15) is 14.0 Å². The third-order valence-corrected chi connectivity index (χ3v) is 3.48. The lowest BCUT2D eigenvalue weighted by atomic mass is 9.78. The van der Waals surface area contributed by atoms with Gasteiger partial charge in [-0.3, -0.25) is 4.79 Å². The number of piperidine rings is 1. The van der Waals surface area contributed by atoms with Gasteiger partial charge in [0.2, 0.25) is 5.91 Å². The van der Waals surface area contributed by atoms with E-state index < -0.39 is 23.3 Å². The lowest BCUT2D eigenvalue weighted by molar-refractivity contribution is -0.120. The van der Waals surface area contributed by atoms with Gasteiger partial charge >= 0.3 is 6.09 Å². The number of alkyl halides is 1. The molecule has 20 heavy (non-hydrogen) atoms. The molecule has 1 N–H and O–H groups in total. The molecule has 1 rings (SSSR count). The number of nitrogens with zero attached hydrogens (tertiary/aromatic N) is 1. The zero-order valence-electron chi connectivity index (χ0n) is 13.0. The SMILES string of the molecule is CC(=O)NCC1(C)CCN(C(=O)OC(C)(C)C)CC1F. The van der Waals surface area contributed by atoms with Crippen LogP contribution in [0.25, 0.3) is 0 Å². The Morgan fingerprint density at radius 2 is 2.05 bits per heavy atom. The highest BCUT2D eigenvalue weighted by atomic mass is 19.1. The van der Waals surface area contributed by atoms with E-state index in [4.69, 9.17) is 4.74 Å². The minimum absolute atomic E-state index is 0.00496. The number of ether oxygens (including phenoxy) is 1. The molecule has 2 atom stereocenters. The average molecular weight is 288 g/mol. The maximum Gasteiger partial charge on any atom is 0.410 e. The van der Waals surface area contributed by atoms with Crippen LogP contribution in [0.3, 0.4) is 0 Å². The van der Waals surface area contributed by atoms with E-state index in [0.717, 1.165) is 0 Å². The first-order valence-electron chi connectivity index (χ1n) is 6.90. The minimum Gasteiger partial charge on any atom is -0.444 e. The van der Waals surface area contributed by atoms with Crippen LogP contribution in [0.15, 0.2) is 0 Å². The van der Waals surface area contributed by atoms with Crippen LogP contribution >= 0.6 is 0 Å². The number of halogens is 1. The van der Waals surface area contributed by atoms with Gasteiger partial charge in [0, 0.05) is 25.4 Å². The second-order valence-electron chi connectivity index (χ2n) is 6.71.